The second-order valence-corrected chi connectivity index (χ2v) is 6.49. The Morgan fingerprint density at radius 1 is 1.07 bits per heavy atom. The SMILES string of the molecule is CCOc1c([N+](=O)[O-])ccc(Oc2ccccc2)c1-c1ccc(C(F)(F)F)cc1Cl. The number of benzene rings is 3. The fourth-order valence-corrected chi connectivity index (χ4v) is 3.11. The van der Waals surface area contributed by atoms with E-state index in [0.29, 0.717) is 5.75 Å². The molecule has 9 heteroatoms. The van der Waals surface area contributed by atoms with Crippen LogP contribution < -0.4 is 9.47 Å². The highest BCUT2D eigenvalue weighted by Crippen LogP contribution is 2.48. The molecule has 0 unspecified atom stereocenters. The number of hydrogen-bond acceptors (Lipinski definition) is 4. The van der Waals surface area contributed by atoms with Gasteiger partial charge in [0.25, 0.3) is 0 Å². The number of nitro groups is 1. The Morgan fingerprint density at radius 2 is 1.77 bits per heavy atom. The Morgan fingerprint density at radius 3 is 2.33 bits per heavy atom. The van der Waals surface area contributed by atoms with Crippen LogP contribution in [0.1, 0.15) is 12.5 Å². The summed E-state index contributed by atoms with van der Waals surface area (Å²) in [5.41, 5.74) is -1.09. The normalized spacial score (nSPS) is 11.2. The van der Waals surface area contributed by atoms with E-state index < -0.39 is 16.7 Å². The molecule has 0 aliphatic heterocycles. The molecule has 0 radical (unpaired) electrons. The average molecular weight is 438 g/mol. The van der Waals surface area contributed by atoms with Crippen molar-refractivity contribution in [1.29, 1.82) is 0 Å². The molecule has 0 fully saturated rings. The molecule has 156 valence electrons. The Kier molecular flexibility index (Phi) is 6.17. The van der Waals surface area contributed by atoms with Gasteiger partial charge in [0.15, 0.2) is 0 Å². The first-order valence-corrected chi connectivity index (χ1v) is 9.14. The van der Waals surface area contributed by atoms with Gasteiger partial charge in [-0.25, -0.2) is 0 Å². The minimum Gasteiger partial charge on any atom is -0.487 e. The van der Waals surface area contributed by atoms with E-state index in [1.807, 2.05) is 0 Å². The van der Waals surface area contributed by atoms with Gasteiger partial charge in [-0.05, 0) is 37.3 Å². The number of rotatable bonds is 6. The van der Waals surface area contributed by atoms with E-state index in [1.54, 1.807) is 37.3 Å². The highest BCUT2D eigenvalue weighted by molar-refractivity contribution is 6.33. The van der Waals surface area contributed by atoms with Gasteiger partial charge >= 0.3 is 11.9 Å². The molecule has 0 aliphatic carbocycles. The summed E-state index contributed by atoms with van der Waals surface area (Å²) < 4.78 is 50.5. The summed E-state index contributed by atoms with van der Waals surface area (Å²) in [4.78, 5) is 10.9. The van der Waals surface area contributed by atoms with Gasteiger partial charge in [0.1, 0.15) is 11.5 Å². The molecule has 0 aromatic heterocycles. The van der Waals surface area contributed by atoms with E-state index in [9.17, 15) is 23.3 Å². The molecule has 0 amide bonds. The molecular formula is C21H15ClF3NO4. The number of ether oxygens (including phenoxy) is 2. The third-order valence-electron chi connectivity index (χ3n) is 4.12. The van der Waals surface area contributed by atoms with Crippen LogP contribution in [0.4, 0.5) is 18.9 Å². The zero-order chi connectivity index (χ0) is 21.9. The fourth-order valence-electron chi connectivity index (χ4n) is 2.84. The molecule has 0 atom stereocenters. The first-order valence-electron chi connectivity index (χ1n) is 8.76. The molecule has 0 saturated carbocycles. The van der Waals surface area contributed by atoms with Gasteiger partial charge in [-0.2, -0.15) is 13.2 Å². The van der Waals surface area contributed by atoms with Crippen LogP contribution in [0.2, 0.25) is 5.02 Å². The average Bonchev–Trinajstić information content (AvgIpc) is 2.69. The maximum atomic E-state index is 13.0. The Hall–Kier alpha value is -3.26. The predicted molar refractivity (Wildman–Crippen MR) is 106 cm³/mol. The van der Waals surface area contributed by atoms with Crippen molar-refractivity contribution in [2.75, 3.05) is 6.61 Å². The molecule has 3 aromatic carbocycles. The zero-order valence-electron chi connectivity index (χ0n) is 15.6. The number of alkyl halides is 3. The van der Waals surface area contributed by atoms with Crippen molar-refractivity contribution in [3.05, 3.63) is 81.4 Å². The van der Waals surface area contributed by atoms with E-state index in [0.717, 1.165) is 18.2 Å². The van der Waals surface area contributed by atoms with Gasteiger partial charge < -0.3 is 9.47 Å². The van der Waals surface area contributed by atoms with Gasteiger partial charge in [-0.15, -0.1) is 0 Å². The number of para-hydroxylation sites is 1. The van der Waals surface area contributed by atoms with E-state index in [4.69, 9.17) is 21.1 Å². The maximum absolute atomic E-state index is 13.0. The fraction of sp³-hybridized carbons (Fsp3) is 0.143. The van der Waals surface area contributed by atoms with Crippen LogP contribution in [0.15, 0.2) is 60.7 Å². The summed E-state index contributed by atoms with van der Waals surface area (Å²) in [5, 5.41) is 11.3. The van der Waals surface area contributed by atoms with E-state index in [-0.39, 0.29) is 39.9 Å². The second-order valence-electron chi connectivity index (χ2n) is 6.08. The topological polar surface area (TPSA) is 61.6 Å². The van der Waals surface area contributed by atoms with Gasteiger partial charge in [0.2, 0.25) is 5.75 Å². The summed E-state index contributed by atoms with van der Waals surface area (Å²) in [6, 6.07) is 13.9. The highest BCUT2D eigenvalue weighted by atomic mass is 35.5. The molecular weight excluding hydrogens is 423 g/mol. The lowest BCUT2D eigenvalue weighted by molar-refractivity contribution is -0.385. The number of nitro benzene ring substituents is 1. The maximum Gasteiger partial charge on any atom is 0.416 e. The summed E-state index contributed by atoms with van der Waals surface area (Å²) in [5.74, 6) is 0.438. The molecule has 0 saturated heterocycles. The first-order chi connectivity index (χ1) is 14.2. The largest absolute Gasteiger partial charge is 0.487 e. The van der Waals surface area contributed by atoms with Crippen molar-refractivity contribution >= 4 is 17.3 Å². The smallest absolute Gasteiger partial charge is 0.416 e. The van der Waals surface area contributed by atoms with Crippen LogP contribution in [0.3, 0.4) is 0 Å². The van der Waals surface area contributed by atoms with Crippen molar-refractivity contribution in [2.24, 2.45) is 0 Å². The third kappa shape index (κ3) is 4.49. The Labute approximate surface area is 174 Å². The van der Waals surface area contributed by atoms with Gasteiger partial charge in [0, 0.05) is 16.7 Å². The predicted octanol–water partition coefficient (Wildman–Crippen LogP) is 7.13. The van der Waals surface area contributed by atoms with Crippen LogP contribution in [-0.2, 0) is 6.18 Å². The van der Waals surface area contributed by atoms with Crippen LogP contribution in [0.25, 0.3) is 11.1 Å². The molecule has 0 aliphatic rings. The zero-order valence-corrected chi connectivity index (χ0v) is 16.3. The molecule has 5 nitrogen and oxygen atoms in total. The van der Waals surface area contributed by atoms with Crippen LogP contribution in [-0.4, -0.2) is 11.5 Å². The Balaban J connectivity index is 2.26. The summed E-state index contributed by atoms with van der Waals surface area (Å²) in [7, 11) is 0. The molecule has 3 rings (SSSR count). The van der Waals surface area contributed by atoms with Crippen molar-refractivity contribution in [3.8, 4) is 28.4 Å². The summed E-state index contributed by atoms with van der Waals surface area (Å²) >= 11 is 6.17. The van der Waals surface area contributed by atoms with E-state index >= 15 is 0 Å². The van der Waals surface area contributed by atoms with Crippen LogP contribution >= 0.6 is 11.6 Å². The standard InChI is InChI=1S/C21H15ClF3NO4/c1-2-29-20-17(26(27)28)10-11-18(30-14-6-4-3-5-7-14)19(20)15-9-8-13(12-16(15)22)21(23,24)25/h3-12H,2H2,1H3. The highest BCUT2D eigenvalue weighted by Gasteiger charge is 2.32. The second kappa shape index (κ2) is 8.62. The molecule has 3 aromatic rings. The van der Waals surface area contributed by atoms with Crippen LogP contribution in [0.5, 0.6) is 17.2 Å². The van der Waals surface area contributed by atoms with Crippen molar-refractivity contribution in [1.82, 2.24) is 0 Å². The van der Waals surface area contributed by atoms with Crippen LogP contribution in [0, 0.1) is 10.1 Å². The number of hydrogen-bond donors (Lipinski definition) is 0. The van der Waals surface area contributed by atoms with Crippen molar-refractivity contribution in [3.63, 3.8) is 0 Å². The van der Waals surface area contributed by atoms with E-state index in [2.05, 4.69) is 0 Å². The van der Waals surface area contributed by atoms with Gasteiger partial charge in [0.05, 0.1) is 22.7 Å². The lowest BCUT2D eigenvalue weighted by atomic mass is 10.00. The van der Waals surface area contributed by atoms with Crippen molar-refractivity contribution in [2.45, 2.75) is 13.1 Å². The minimum atomic E-state index is -4.59. The first kappa shape index (κ1) is 21.4. The van der Waals surface area contributed by atoms with Gasteiger partial charge in [-0.1, -0.05) is 35.9 Å². The molecule has 0 heterocycles. The Bertz CT molecular complexity index is 1070. The minimum absolute atomic E-state index is 0.0842. The number of nitrogens with zero attached hydrogens (tertiary/aromatic N) is 1. The molecule has 0 N–H and O–H groups in total. The summed E-state index contributed by atoms with van der Waals surface area (Å²) in [6.45, 7) is 1.72. The molecule has 0 spiro atoms. The molecule has 0 bridgehead atoms. The van der Waals surface area contributed by atoms with Crippen molar-refractivity contribution < 1.29 is 27.6 Å². The van der Waals surface area contributed by atoms with Gasteiger partial charge in [-0.3, -0.25) is 10.1 Å². The molecule has 30 heavy (non-hydrogen) atoms. The summed E-state index contributed by atoms with van der Waals surface area (Å²) in [6.07, 6.45) is -4.59. The monoisotopic (exact) mass is 437 g/mol. The third-order valence-corrected chi connectivity index (χ3v) is 4.43. The number of halogens is 4. The quantitative estimate of drug-likeness (QED) is 0.304. The lowest BCUT2D eigenvalue weighted by Gasteiger charge is -2.18. The lowest BCUT2D eigenvalue weighted by Crippen LogP contribution is -2.05. The van der Waals surface area contributed by atoms with E-state index in [1.165, 1.54) is 12.1 Å².